The predicted molar refractivity (Wildman–Crippen MR) is 62.5 cm³/mol. The van der Waals surface area contributed by atoms with E-state index in [1.54, 1.807) is 0 Å². The zero-order valence-corrected chi connectivity index (χ0v) is 9.35. The molecule has 0 atom stereocenters. The van der Waals surface area contributed by atoms with Crippen molar-refractivity contribution < 1.29 is 14.6 Å². The first-order valence-corrected chi connectivity index (χ1v) is 5.49. The number of ether oxygens (including phenoxy) is 1. The van der Waals surface area contributed by atoms with Gasteiger partial charge in [-0.05, 0) is 12.1 Å². The molecule has 0 fully saturated rings. The summed E-state index contributed by atoms with van der Waals surface area (Å²) in [4.78, 5) is 18.7. The normalized spacial score (nSPS) is 10.6. The summed E-state index contributed by atoms with van der Waals surface area (Å²) < 4.78 is 4.76. The van der Waals surface area contributed by atoms with E-state index in [4.69, 9.17) is 9.84 Å². The highest BCUT2D eigenvalue weighted by Crippen LogP contribution is 2.11. The lowest BCUT2D eigenvalue weighted by Gasteiger charge is -2.00. The number of aromatic amines is 1. The van der Waals surface area contributed by atoms with Gasteiger partial charge in [0.1, 0.15) is 12.4 Å². The number of para-hydroxylation sites is 2. The Bertz CT molecular complexity index is 474. The standard InChI is InChI=1S/C12H14N2O3/c15-7-8-17-12(16)6-5-11-13-9-3-1-2-4-10(9)14-11/h1-4,15H,5-8H2,(H,13,14). The number of esters is 1. The van der Waals surface area contributed by atoms with E-state index in [0.717, 1.165) is 16.9 Å². The first-order chi connectivity index (χ1) is 8.29. The Morgan fingerprint density at radius 1 is 1.41 bits per heavy atom. The summed E-state index contributed by atoms with van der Waals surface area (Å²) in [5, 5.41) is 8.50. The minimum atomic E-state index is -0.320. The molecule has 0 amide bonds. The molecule has 17 heavy (non-hydrogen) atoms. The molecule has 0 unspecified atom stereocenters. The Kier molecular flexibility index (Phi) is 3.72. The molecule has 1 heterocycles. The number of hydrogen-bond donors (Lipinski definition) is 2. The van der Waals surface area contributed by atoms with E-state index in [9.17, 15) is 4.79 Å². The lowest BCUT2D eigenvalue weighted by molar-refractivity contribution is -0.144. The number of fused-ring (bicyclic) bond motifs is 1. The first kappa shape index (κ1) is 11.6. The van der Waals surface area contributed by atoms with E-state index < -0.39 is 0 Å². The smallest absolute Gasteiger partial charge is 0.306 e. The van der Waals surface area contributed by atoms with Gasteiger partial charge in [-0.15, -0.1) is 0 Å². The number of H-pyrrole nitrogens is 1. The molecule has 0 saturated carbocycles. The minimum Gasteiger partial charge on any atom is -0.463 e. The molecular weight excluding hydrogens is 220 g/mol. The first-order valence-electron chi connectivity index (χ1n) is 5.49. The molecular formula is C12H14N2O3. The molecule has 0 saturated heterocycles. The second kappa shape index (κ2) is 5.45. The number of rotatable bonds is 5. The van der Waals surface area contributed by atoms with E-state index >= 15 is 0 Å². The fourth-order valence-corrected chi connectivity index (χ4v) is 1.58. The number of benzene rings is 1. The number of nitrogens with zero attached hydrogens (tertiary/aromatic N) is 1. The molecule has 1 aromatic heterocycles. The Labute approximate surface area is 98.4 Å². The molecule has 1 aromatic carbocycles. The van der Waals surface area contributed by atoms with Gasteiger partial charge in [0.15, 0.2) is 0 Å². The number of imidazole rings is 1. The second-order valence-corrected chi connectivity index (χ2v) is 3.64. The van der Waals surface area contributed by atoms with Crippen molar-refractivity contribution in [3.05, 3.63) is 30.1 Å². The van der Waals surface area contributed by atoms with Gasteiger partial charge in [0.05, 0.1) is 24.1 Å². The molecule has 5 heteroatoms. The number of carbonyl (C=O) groups is 1. The van der Waals surface area contributed by atoms with Crippen LogP contribution in [0.25, 0.3) is 11.0 Å². The summed E-state index contributed by atoms with van der Waals surface area (Å²) in [6.07, 6.45) is 0.777. The van der Waals surface area contributed by atoms with E-state index in [2.05, 4.69) is 9.97 Å². The van der Waals surface area contributed by atoms with Crippen molar-refractivity contribution in [3.63, 3.8) is 0 Å². The number of aromatic nitrogens is 2. The highest BCUT2D eigenvalue weighted by atomic mass is 16.5. The van der Waals surface area contributed by atoms with Crippen molar-refractivity contribution in [1.82, 2.24) is 9.97 Å². The SMILES string of the molecule is O=C(CCc1nc2ccccc2[nH]1)OCCO. The molecule has 0 bridgehead atoms. The Hall–Kier alpha value is -1.88. The van der Waals surface area contributed by atoms with Gasteiger partial charge in [-0.1, -0.05) is 12.1 Å². The van der Waals surface area contributed by atoms with Gasteiger partial charge in [-0.2, -0.15) is 0 Å². The van der Waals surface area contributed by atoms with Gasteiger partial charge in [-0.3, -0.25) is 4.79 Å². The van der Waals surface area contributed by atoms with Gasteiger partial charge < -0.3 is 14.8 Å². The zero-order valence-electron chi connectivity index (χ0n) is 9.35. The third-order valence-corrected chi connectivity index (χ3v) is 2.36. The van der Waals surface area contributed by atoms with Crippen LogP contribution in [0.15, 0.2) is 24.3 Å². The van der Waals surface area contributed by atoms with Crippen molar-refractivity contribution >= 4 is 17.0 Å². The Balaban J connectivity index is 1.92. The molecule has 0 aliphatic carbocycles. The van der Waals surface area contributed by atoms with Crippen LogP contribution in [0.1, 0.15) is 12.2 Å². The van der Waals surface area contributed by atoms with Crippen molar-refractivity contribution in [2.45, 2.75) is 12.8 Å². The third kappa shape index (κ3) is 3.04. The molecule has 2 rings (SSSR count). The zero-order chi connectivity index (χ0) is 12.1. The highest BCUT2D eigenvalue weighted by Gasteiger charge is 2.06. The second-order valence-electron chi connectivity index (χ2n) is 3.64. The molecule has 0 spiro atoms. The molecule has 0 aliphatic heterocycles. The fraction of sp³-hybridized carbons (Fsp3) is 0.333. The topological polar surface area (TPSA) is 75.2 Å². The largest absolute Gasteiger partial charge is 0.463 e. The maximum atomic E-state index is 11.2. The average molecular weight is 234 g/mol. The Morgan fingerprint density at radius 2 is 2.24 bits per heavy atom. The average Bonchev–Trinajstić information content (AvgIpc) is 2.76. The monoisotopic (exact) mass is 234 g/mol. The van der Waals surface area contributed by atoms with Gasteiger partial charge in [0.2, 0.25) is 0 Å². The van der Waals surface area contributed by atoms with Crippen molar-refractivity contribution in [2.24, 2.45) is 0 Å². The number of aliphatic hydroxyl groups is 1. The summed E-state index contributed by atoms with van der Waals surface area (Å²) >= 11 is 0. The van der Waals surface area contributed by atoms with Crippen LogP contribution in [-0.2, 0) is 16.0 Å². The van der Waals surface area contributed by atoms with Crippen molar-refractivity contribution in [3.8, 4) is 0 Å². The predicted octanol–water partition coefficient (Wildman–Crippen LogP) is 1.03. The molecule has 0 aliphatic rings. The van der Waals surface area contributed by atoms with E-state index in [1.165, 1.54) is 0 Å². The quantitative estimate of drug-likeness (QED) is 0.758. The van der Waals surface area contributed by atoms with Gasteiger partial charge in [0, 0.05) is 6.42 Å². The maximum Gasteiger partial charge on any atom is 0.306 e. The Morgan fingerprint density at radius 3 is 3.00 bits per heavy atom. The van der Waals surface area contributed by atoms with Crippen LogP contribution in [0.4, 0.5) is 0 Å². The minimum absolute atomic E-state index is 0.0545. The van der Waals surface area contributed by atoms with Crippen LogP contribution in [0, 0.1) is 0 Å². The molecule has 90 valence electrons. The highest BCUT2D eigenvalue weighted by molar-refractivity contribution is 5.75. The molecule has 0 radical (unpaired) electrons. The van der Waals surface area contributed by atoms with Crippen LogP contribution < -0.4 is 0 Å². The van der Waals surface area contributed by atoms with E-state index in [-0.39, 0.29) is 25.6 Å². The number of nitrogens with one attached hydrogen (secondary N) is 1. The maximum absolute atomic E-state index is 11.2. The van der Waals surface area contributed by atoms with Crippen LogP contribution >= 0.6 is 0 Å². The van der Waals surface area contributed by atoms with E-state index in [0.29, 0.717) is 6.42 Å². The number of aliphatic hydroxyl groups excluding tert-OH is 1. The van der Waals surface area contributed by atoms with Crippen molar-refractivity contribution in [1.29, 1.82) is 0 Å². The summed E-state index contributed by atoms with van der Waals surface area (Å²) in [5.41, 5.74) is 1.86. The summed E-state index contributed by atoms with van der Waals surface area (Å²) in [5.74, 6) is 0.451. The van der Waals surface area contributed by atoms with Crippen LogP contribution in [0.2, 0.25) is 0 Å². The molecule has 2 aromatic rings. The van der Waals surface area contributed by atoms with Gasteiger partial charge in [0.25, 0.3) is 0 Å². The summed E-state index contributed by atoms with van der Waals surface area (Å²) in [6.45, 7) is -0.0880. The van der Waals surface area contributed by atoms with Crippen LogP contribution in [0.5, 0.6) is 0 Å². The fourth-order valence-electron chi connectivity index (χ4n) is 1.58. The van der Waals surface area contributed by atoms with Gasteiger partial charge in [-0.25, -0.2) is 4.98 Å². The lowest BCUT2D eigenvalue weighted by Crippen LogP contribution is -2.09. The van der Waals surface area contributed by atoms with Crippen molar-refractivity contribution in [2.75, 3.05) is 13.2 Å². The number of carbonyl (C=O) groups excluding carboxylic acids is 1. The van der Waals surface area contributed by atoms with Crippen LogP contribution in [-0.4, -0.2) is 34.3 Å². The molecule has 5 nitrogen and oxygen atoms in total. The lowest BCUT2D eigenvalue weighted by atomic mass is 10.3. The molecule has 2 N–H and O–H groups in total. The third-order valence-electron chi connectivity index (χ3n) is 2.36. The summed E-state index contributed by atoms with van der Waals surface area (Å²) in [6, 6.07) is 7.71. The number of hydrogen-bond acceptors (Lipinski definition) is 4. The number of aryl methyl sites for hydroxylation is 1. The van der Waals surface area contributed by atoms with Gasteiger partial charge >= 0.3 is 5.97 Å². The summed E-state index contributed by atoms with van der Waals surface area (Å²) in [7, 11) is 0. The van der Waals surface area contributed by atoms with Crippen LogP contribution in [0.3, 0.4) is 0 Å². The van der Waals surface area contributed by atoms with E-state index in [1.807, 2.05) is 24.3 Å².